The summed E-state index contributed by atoms with van der Waals surface area (Å²) in [6.07, 6.45) is 2.51. The van der Waals surface area contributed by atoms with Gasteiger partial charge in [0, 0.05) is 0 Å². The quantitative estimate of drug-likeness (QED) is 0.460. The fourth-order valence-electron chi connectivity index (χ4n) is 2.61. The van der Waals surface area contributed by atoms with Gasteiger partial charge in [0.05, 0.1) is 0 Å². The second-order valence-electron chi connectivity index (χ2n) is 5.50. The first kappa shape index (κ1) is 19.6. The first-order chi connectivity index (χ1) is 7.91. The van der Waals surface area contributed by atoms with Crippen molar-refractivity contribution in [2.24, 2.45) is 0 Å². The van der Waals surface area contributed by atoms with Crippen LogP contribution in [0.15, 0.2) is 41.2 Å². The SMILES string of the molecule is Br.Br.CC1=C(C)C(C)=[C]([Ti][C]2=C(C)C(C)=C(C)C2)C1. The van der Waals surface area contributed by atoms with Gasteiger partial charge >= 0.3 is 115 Å². The average molecular weight is 424 g/mol. The predicted molar refractivity (Wildman–Crippen MR) is 92.0 cm³/mol. The number of allylic oxidation sites excluding steroid dienone is 8. The van der Waals surface area contributed by atoms with E-state index in [1.807, 2.05) is 0 Å². The first-order valence-corrected chi connectivity index (χ1v) is 7.98. The van der Waals surface area contributed by atoms with Crippen molar-refractivity contribution < 1.29 is 19.2 Å². The molecule has 3 heteroatoms. The third kappa shape index (κ3) is 3.84. The van der Waals surface area contributed by atoms with Crippen molar-refractivity contribution in [3.05, 3.63) is 41.2 Å². The van der Waals surface area contributed by atoms with Crippen molar-refractivity contribution in [2.45, 2.75) is 54.4 Å². The number of hydrogen-bond donors (Lipinski definition) is 0. The van der Waals surface area contributed by atoms with Crippen molar-refractivity contribution in [2.75, 3.05) is 0 Å². The Kier molecular flexibility index (Phi) is 7.84. The molecular weight excluding hydrogens is 400 g/mol. The Morgan fingerprint density at radius 3 is 1.11 bits per heavy atom. The summed E-state index contributed by atoms with van der Waals surface area (Å²) >= 11 is -0.0443. The molecule has 0 aliphatic heterocycles. The summed E-state index contributed by atoms with van der Waals surface area (Å²) in [6.45, 7) is 13.8. The Hall–Kier alpha value is 0.634. The van der Waals surface area contributed by atoms with Crippen LogP contribution in [0.3, 0.4) is 0 Å². The van der Waals surface area contributed by atoms with Crippen LogP contribution in [0, 0.1) is 0 Å². The van der Waals surface area contributed by atoms with Gasteiger partial charge in [-0.15, -0.1) is 34.0 Å². The zero-order valence-corrected chi connectivity index (χ0v) is 17.7. The molecule has 0 radical (unpaired) electrons. The molecule has 2 aliphatic carbocycles. The van der Waals surface area contributed by atoms with E-state index in [1.165, 1.54) is 12.8 Å². The van der Waals surface area contributed by atoms with Crippen LogP contribution >= 0.6 is 34.0 Å². The van der Waals surface area contributed by atoms with E-state index in [2.05, 4.69) is 41.5 Å². The molecule has 0 bridgehead atoms. The fraction of sp³-hybridized carbons (Fsp3) is 0.500. The summed E-state index contributed by atoms with van der Waals surface area (Å²) in [6, 6.07) is 0. The molecule has 0 aromatic carbocycles. The fourth-order valence-corrected chi connectivity index (χ4v) is 5.46. The van der Waals surface area contributed by atoms with Gasteiger partial charge in [-0.25, -0.2) is 0 Å². The molecule has 0 atom stereocenters. The molecule has 0 fully saturated rings. The van der Waals surface area contributed by atoms with Gasteiger partial charge < -0.3 is 0 Å². The molecule has 0 aromatic heterocycles. The van der Waals surface area contributed by atoms with Crippen LogP contribution in [0.5, 0.6) is 0 Å². The van der Waals surface area contributed by atoms with Crippen molar-refractivity contribution in [3.8, 4) is 0 Å². The standard InChI is InChI=1S/2C8H11.2BrH.Ti/c2*1-6-4-5-7(2)8(6)3;;;/h2*4H2,1-3H3;2*1H;. The van der Waals surface area contributed by atoms with Crippen LogP contribution in [0.25, 0.3) is 0 Å². The molecule has 0 unspecified atom stereocenters. The molecule has 0 saturated heterocycles. The summed E-state index contributed by atoms with van der Waals surface area (Å²) in [4.78, 5) is 0. The van der Waals surface area contributed by atoms with Crippen LogP contribution in [0.4, 0.5) is 0 Å². The van der Waals surface area contributed by atoms with E-state index < -0.39 is 0 Å². The van der Waals surface area contributed by atoms with Crippen molar-refractivity contribution >= 4 is 34.0 Å². The van der Waals surface area contributed by atoms with Gasteiger partial charge in [0.2, 0.25) is 0 Å². The second-order valence-corrected chi connectivity index (χ2v) is 7.77. The van der Waals surface area contributed by atoms with Crippen molar-refractivity contribution in [3.63, 3.8) is 0 Å². The zero-order chi connectivity index (χ0) is 12.7. The van der Waals surface area contributed by atoms with Crippen LogP contribution < -0.4 is 0 Å². The van der Waals surface area contributed by atoms with Gasteiger partial charge in [0.25, 0.3) is 0 Å². The summed E-state index contributed by atoms with van der Waals surface area (Å²) in [5, 5.41) is 0. The van der Waals surface area contributed by atoms with Gasteiger partial charge in [0.1, 0.15) is 0 Å². The van der Waals surface area contributed by atoms with E-state index in [0.29, 0.717) is 0 Å². The summed E-state index contributed by atoms with van der Waals surface area (Å²) in [5.41, 5.74) is 9.51. The summed E-state index contributed by atoms with van der Waals surface area (Å²) < 4.78 is 3.55. The van der Waals surface area contributed by atoms with Crippen molar-refractivity contribution in [1.82, 2.24) is 0 Å². The normalized spacial score (nSPS) is 19.1. The van der Waals surface area contributed by atoms with Gasteiger partial charge in [-0.2, -0.15) is 0 Å². The minimum atomic E-state index is -0.0443. The Balaban J connectivity index is 0.00000162. The van der Waals surface area contributed by atoms with E-state index in [-0.39, 0.29) is 53.1 Å². The third-order valence-electron chi connectivity index (χ3n) is 4.50. The minimum absolute atomic E-state index is 0. The molecule has 0 saturated carbocycles. The number of halogens is 2. The number of rotatable bonds is 2. The molecule has 0 aromatic rings. The van der Waals surface area contributed by atoms with Gasteiger partial charge in [-0.3, -0.25) is 0 Å². The molecule has 106 valence electrons. The number of hydrogen-bond acceptors (Lipinski definition) is 0. The van der Waals surface area contributed by atoms with Crippen LogP contribution in [-0.4, -0.2) is 0 Å². The van der Waals surface area contributed by atoms with Crippen LogP contribution in [0.1, 0.15) is 54.4 Å². The molecule has 0 amide bonds. The van der Waals surface area contributed by atoms with Crippen LogP contribution in [0.2, 0.25) is 0 Å². The Bertz CT molecular complexity index is 459. The molecular formula is C16H24Br2Ti. The topological polar surface area (TPSA) is 0 Å². The van der Waals surface area contributed by atoms with Gasteiger partial charge in [-0.05, 0) is 0 Å². The van der Waals surface area contributed by atoms with Gasteiger partial charge in [0.15, 0.2) is 0 Å². The van der Waals surface area contributed by atoms with E-state index in [0.717, 1.165) is 0 Å². The monoisotopic (exact) mass is 422 g/mol. The van der Waals surface area contributed by atoms with Gasteiger partial charge in [-0.1, -0.05) is 0 Å². The average Bonchev–Trinajstić information content (AvgIpc) is 2.66. The zero-order valence-electron chi connectivity index (χ0n) is 12.7. The van der Waals surface area contributed by atoms with Crippen LogP contribution in [-0.2, 0) is 19.2 Å². The molecule has 0 nitrogen and oxygen atoms in total. The van der Waals surface area contributed by atoms with Crippen molar-refractivity contribution in [1.29, 1.82) is 0 Å². The Morgan fingerprint density at radius 1 is 0.579 bits per heavy atom. The maximum atomic E-state index is 2.32. The Labute approximate surface area is 148 Å². The maximum absolute atomic E-state index is 2.32. The Morgan fingerprint density at radius 2 is 0.895 bits per heavy atom. The second kappa shape index (κ2) is 7.59. The molecule has 0 heterocycles. The van der Waals surface area contributed by atoms with E-state index >= 15 is 0 Å². The van der Waals surface area contributed by atoms with E-state index in [4.69, 9.17) is 0 Å². The van der Waals surface area contributed by atoms with E-state index in [1.54, 1.807) is 41.2 Å². The third-order valence-corrected chi connectivity index (χ3v) is 7.16. The molecule has 0 spiro atoms. The first-order valence-electron chi connectivity index (χ1n) is 6.41. The predicted octanol–water partition coefficient (Wildman–Crippen LogP) is 6.25. The summed E-state index contributed by atoms with van der Waals surface area (Å²) in [5.74, 6) is 0. The molecule has 0 N–H and O–H groups in total. The van der Waals surface area contributed by atoms with E-state index in [9.17, 15) is 0 Å². The molecule has 2 aliphatic rings. The molecule has 19 heavy (non-hydrogen) atoms. The molecule has 2 rings (SSSR count). The summed E-state index contributed by atoms with van der Waals surface area (Å²) in [7, 11) is 0.